The average molecular weight is 238 g/mol. The molecule has 1 saturated heterocycles. The SMILES string of the molecule is CC(C)CCN1C(=O)C(C2CC2)NC(=O)C1C. The Labute approximate surface area is 103 Å². The Morgan fingerprint density at radius 1 is 1.35 bits per heavy atom. The highest BCUT2D eigenvalue weighted by Gasteiger charge is 2.45. The summed E-state index contributed by atoms with van der Waals surface area (Å²) in [7, 11) is 0. The molecular formula is C13H22N2O2. The number of amides is 2. The van der Waals surface area contributed by atoms with Gasteiger partial charge >= 0.3 is 0 Å². The van der Waals surface area contributed by atoms with Gasteiger partial charge in [-0.15, -0.1) is 0 Å². The van der Waals surface area contributed by atoms with Crippen LogP contribution in [0.4, 0.5) is 0 Å². The summed E-state index contributed by atoms with van der Waals surface area (Å²) in [5.41, 5.74) is 0. The molecule has 4 nitrogen and oxygen atoms in total. The van der Waals surface area contributed by atoms with Crippen molar-refractivity contribution in [2.45, 2.75) is 52.1 Å². The smallest absolute Gasteiger partial charge is 0.246 e. The van der Waals surface area contributed by atoms with Crippen molar-refractivity contribution in [1.29, 1.82) is 0 Å². The van der Waals surface area contributed by atoms with Gasteiger partial charge in [0.2, 0.25) is 11.8 Å². The lowest BCUT2D eigenvalue weighted by molar-refractivity contribution is -0.149. The van der Waals surface area contributed by atoms with Gasteiger partial charge in [0.15, 0.2) is 0 Å². The van der Waals surface area contributed by atoms with Gasteiger partial charge in [-0.25, -0.2) is 0 Å². The van der Waals surface area contributed by atoms with Crippen molar-refractivity contribution in [3.8, 4) is 0 Å². The average Bonchev–Trinajstić information content (AvgIpc) is 3.06. The molecular weight excluding hydrogens is 216 g/mol. The van der Waals surface area contributed by atoms with Crippen molar-refractivity contribution in [1.82, 2.24) is 10.2 Å². The van der Waals surface area contributed by atoms with E-state index >= 15 is 0 Å². The first kappa shape index (κ1) is 12.4. The van der Waals surface area contributed by atoms with Crippen LogP contribution in [0.15, 0.2) is 0 Å². The summed E-state index contributed by atoms with van der Waals surface area (Å²) in [4.78, 5) is 25.9. The second-order valence-electron chi connectivity index (χ2n) is 5.71. The van der Waals surface area contributed by atoms with Crippen LogP contribution >= 0.6 is 0 Å². The van der Waals surface area contributed by atoms with E-state index in [0.717, 1.165) is 19.3 Å². The fourth-order valence-electron chi connectivity index (χ4n) is 2.30. The maximum absolute atomic E-state index is 12.3. The van der Waals surface area contributed by atoms with E-state index < -0.39 is 0 Å². The van der Waals surface area contributed by atoms with Crippen LogP contribution in [0.5, 0.6) is 0 Å². The molecule has 1 heterocycles. The lowest BCUT2D eigenvalue weighted by Crippen LogP contribution is -2.63. The zero-order chi connectivity index (χ0) is 12.6. The molecule has 4 heteroatoms. The van der Waals surface area contributed by atoms with Crippen molar-refractivity contribution in [2.24, 2.45) is 11.8 Å². The van der Waals surface area contributed by atoms with Crippen LogP contribution in [-0.4, -0.2) is 35.3 Å². The van der Waals surface area contributed by atoms with Crippen LogP contribution in [0.2, 0.25) is 0 Å². The van der Waals surface area contributed by atoms with Gasteiger partial charge < -0.3 is 10.2 Å². The van der Waals surface area contributed by atoms with Crippen molar-refractivity contribution in [3.63, 3.8) is 0 Å². The second-order valence-corrected chi connectivity index (χ2v) is 5.71. The minimum Gasteiger partial charge on any atom is -0.342 e. The number of hydrogen-bond donors (Lipinski definition) is 1. The molecule has 0 spiro atoms. The standard InChI is InChI=1S/C13H22N2O2/c1-8(2)6-7-15-9(3)12(16)14-11(13(15)17)10-4-5-10/h8-11H,4-7H2,1-3H3,(H,14,16). The fourth-order valence-corrected chi connectivity index (χ4v) is 2.30. The van der Waals surface area contributed by atoms with Crippen LogP contribution in [-0.2, 0) is 9.59 Å². The molecule has 1 saturated carbocycles. The predicted molar refractivity (Wildman–Crippen MR) is 65.3 cm³/mol. The fraction of sp³-hybridized carbons (Fsp3) is 0.846. The van der Waals surface area contributed by atoms with Crippen LogP contribution < -0.4 is 5.32 Å². The molecule has 2 unspecified atom stereocenters. The van der Waals surface area contributed by atoms with Gasteiger partial charge in [-0.1, -0.05) is 13.8 Å². The number of hydrogen-bond acceptors (Lipinski definition) is 2. The van der Waals surface area contributed by atoms with E-state index in [-0.39, 0.29) is 23.9 Å². The Morgan fingerprint density at radius 2 is 2.00 bits per heavy atom. The van der Waals surface area contributed by atoms with E-state index in [9.17, 15) is 9.59 Å². The summed E-state index contributed by atoms with van der Waals surface area (Å²) in [6.45, 7) is 6.79. The molecule has 2 amide bonds. The monoisotopic (exact) mass is 238 g/mol. The maximum atomic E-state index is 12.3. The Hall–Kier alpha value is -1.06. The predicted octanol–water partition coefficient (Wildman–Crippen LogP) is 1.16. The van der Waals surface area contributed by atoms with Gasteiger partial charge in [0.1, 0.15) is 12.1 Å². The quantitative estimate of drug-likeness (QED) is 0.799. The Morgan fingerprint density at radius 3 is 2.53 bits per heavy atom. The zero-order valence-corrected chi connectivity index (χ0v) is 10.9. The van der Waals surface area contributed by atoms with Gasteiger partial charge in [-0.2, -0.15) is 0 Å². The molecule has 1 N–H and O–H groups in total. The van der Waals surface area contributed by atoms with E-state index in [2.05, 4.69) is 19.2 Å². The van der Waals surface area contributed by atoms with Gasteiger partial charge in [-0.3, -0.25) is 9.59 Å². The summed E-state index contributed by atoms with van der Waals surface area (Å²) in [6, 6.07) is -0.554. The normalized spacial score (nSPS) is 29.8. The first-order valence-electron chi connectivity index (χ1n) is 6.61. The van der Waals surface area contributed by atoms with Gasteiger partial charge in [0.05, 0.1) is 0 Å². The van der Waals surface area contributed by atoms with Gasteiger partial charge in [0.25, 0.3) is 0 Å². The molecule has 1 aliphatic heterocycles. The molecule has 0 aromatic rings. The highest BCUT2D eigenvalue weighted by molar-refractivity contribution is 5.97. The third-order valence-electron chi connectivity index (χ3n) is 3.73. The number of carbonyl (C=O) groups excluding carboxylic acids is 2. The summed E-state index contributed by atoms with van der Waals surface area (Å²) < 4.78 is 0. The maximum Gasteiger partial charge on any atom is 0.246 e. The molecule has 2 fully saturated rings. The van der Waals surface area contributed by atoms with Gasteiger partial charge in [0, 0.05) is 6.54 Å². The molecule has 1 aliphatic carbocycles. The van der Waals surface area contributed by atoms with Crippen molar-refractivity contribution in [2.75, 3.05) is 6.54 Å². The molecule has 0 aromatic carbocycles. The molecule has 96 valence electrons. The highest BCUT2D eigenvalue weighted by Crippen LogP contribution is 2.35. The molecule has 2 rings (SSSR count). The van der Waals surface area contributed by atoms with Crippen LogP contribution in [0.1, 0.15) is 40.0 Å². The third kappa shape index (κ3) is 2.61. The second kappa shape index (κ2) is 4.67. The summed E-state index contributed by atoms with van der Waals surface area (Å²) in [6.07, 6.45) is 3.10. The molecule has 0 radical (unpaired) electrons. The number of nitrogens with one attached hydrogen (secondary N) is 1. The minimum absolute atomic E-state index is 0.00487. The summed E-state index contributed by atoms with van der Waals surface area (Å²) in [5, 5.41) is 2.87. The molecule has 2 atom stereocenters. The van der Waals surface area contributed by atoms with Crippen molar-refractivity contribution < 1.29 is 9.59 Å². The van der Waals surface area contributed by atoms with Crippen LogP contribution in [0, 0.1) is 11.8 Å². The molecule has 2 aliphatic rings. The Bertz CT molecular complexity index is 323. The van der Waals surface area contributed by atoms with Crippen molar-refractivity contribution in [3.05, 3.63) is 0 Å². The Kier molecular flexibility index (Phi) is 3.40. The van der Waals surface area contributed by atoms with E-state index in [4.69, 9.17) is 0 Å². The highest BCUT2D eigenvalue weighted by atomic mass is 16.2. The number of piperazine rings is 1. The Balaban J connectivity index is 2.04. The lowest BCUT2D eigenvalue weighted by atomic mass is 10.0. The van der Waals surface area contributed by atoms with E-state index in [0.29, 0.717) is 18.4 Å². The summed E-state index contributed by atoms with van der Waals surface area (Å²) in [5.74, 6) is 1.07. The largest absolute Gasteiger partial charge is 0.342 e. The van der Waals surface area contributed by atoms with Crippen LogP contribution in [0.3, 0.4) is 0 Å². The number of carbonyl (C=O) groups is 2. The van der Waals surface area contributed by atoms with Crippen LogP contribution in [0.25, 0.3) is 0 Å². The topological polar surface area (TPSA) is 49.4 Å². The summed E-state index contributed by atoms with van der Waals surface area (Å²) >= 11 is 0. The number of nitrogens with zero attached hydrogens (tertiary/aromatic N) is 1. The van der Waals surface area contributed by atoms with E-state index in [1.807, 2.05) is 6.92 Å². The zero-order valence-electron chi connectivity index (χ0n) is 10.9. The van der Waals surface area contributed by atoms with E-state index in [1.165, 1.54) is 0 Å². The first-order valence-corrected chi connectivity index (χ1v) is 6.61. The van der Waals surface area contributed by atoms with Gasteiger partial charge in [-0.05, 0) is 38.0 Å². The molecule has 17 heavy (non-hydrogen) atoms. The lowest BCUT2D eigenvalue weighted by Gasteiger charge is -2.37. The first-order chi connectivity index (χ1) is 8.00. The molecule has 0 bridgehead atoms. The van der Waals surface area contributed by atoms with Crippen molar-refractivity contribution >= 4 is 11.8 Å². The molecule has 0 aromatic heterocycles. The third-order valence-corrected chi connectivity index (χ3v) is 3.73. The number of rotatable bonds is 4. The minimum atomic E-state index is -0.309. The van der Waals surface area contributed by atoms with E-state index in [1.54, 1.807) is 4.90 Å².